The van der Waals surface area contributed by atoms with Gasteiger partial charge in [-0.25, -0.2) is 9.59 Å². The van der Waals surface area contributed by atoms with Crippen LogP contribution in [-0.4, -0.2) is 31.1 Å². The molecule has 7 nitrogen and oxygen atoms in total. The summed E-state index contributed by atoms with van der Waals surface area (Å²) in [6.45, 7) is 1.82. The molecule has 0 aliphatic rings. The molecular formula is C20H19NO6. The van der Waals surface area contributed by atoms with E-state index in [0.717, 1.165) is 5.56 Å². The van der Waals surface area contributed by atoms with E-state index in [1.54, 1.807) is 37.3 Å². The van der Waals surface area contributed by atoms with E-state index >= 15 is 0 Å². The van der Waals surface area contributed by atoms with E-state index in [4.69, 9.17) is 19.9 Å². The van der Waals surface area contributed by atoms with Crippen molar-refractivity contribution in [2.45, 2.75) is 6.92 Å². The summed E-state index contributed by atoms with van der Waals surface area (Å²) in [4.78, 5) is 34.1. The second kappa shape index (κ2) is 9.76. The summed E-state index contributed by atoms with van der Waals surface area (Å²) in [7, 11) is 0. The number of esters is 2. The SMILES string of the molecule is CCOC(=O)c1ccc(OC(=O)/C=C/c2ccc(OCC(N)=O)cc2)cc1. The summed E-state index contributed by atoms with van der Waals surface area (Å²) >= 11 is 0. The number of hydrogen-bond donors (Lipinski definition) is 1. The van der Waals surface area contributed by atoms with Gasteiger partial charge >= 0.3 is 11.9 Å². The number of nitrogens with two attached hydrogens (primary N) is 1. The van der Waals surface area contributed by atoms with E-state index in [1.807, 2.05) is 0 Å². The Bertz CT molecular complexity index is 825. The Balaban J connectivity index is 1.89. The minimum atomic E-state index is -0.562. The van der Waals surface area contributed by atoms with Crippen molar-refractivity contribution in [2.75, 3.05) is 13.2 Å². The normalized spacial score (nSPS) is 10.4. The summed E-state index contributed by atoms with van der Waals surface area (Å²) in [5.74, 6) is -0.744. The Kier molecular flexibility index (Phi) is 7.13. The van der Waals surface area contributed by atoms with Gasteiger partial charge in [-0.2, -0.15) is 0 Å². The molecule has 2 N–H and O–H groups in total. The molecule has 2 aromatic rings. The van der Waals surface area contributed by atoms with Crippen molar-refractivity contribution in [2.24, 2.45) is 5.73 Å². The molecular weight excluding hydrogens is 350 g/mol. The quantitative estimate of drug-likeness (QED) is 0.435. The second-order valence-corrected chi connectivity index (χ2v) is 5.32. The van der Waals surface area contributed by atoms with Crippen LogP contribution in [0.4, 0.5) is 0 Å². The third-order valence-electron chi connectivity index (χ3n) is 3.26. The third kappa shape index (κ3) is 6.66. The van der Waals surface area contributed by atoms with Gasteiger partial charge in [0.25, 0.3) is 5.91 Å². The zero-order chi connectivity index (χ0) is 19.6. The standard InChI is InChI=1S/C20H19NO6/c1-2-25-20(24)15-6-10-17(11-7-15)27-19(23)12-5-14-3-8-16(9-4-14)26-13-18(21)22/h3-12H,2,13H2,1H3,(H2,21,22)/b12-5+. The molecule has 0 radical (unpaired) electrons. The Hall–Kier alpha value is -3.61. The van der Waals surface area contributed by atoms with E-state index < -0.39 is 17.8 Å². The topological polar surface area (TPSA) is 105 Å². The molecule has 27 heavy (non-hydrogen) atoms. The summed E-state index contributed by atoms with van der Waals surface area (Å²) in [6.07, 6.45) is 2.85. The number of carbonyl (C=O) groups is 3. The van der Waals surface area contributed by atoms with E-state index in [0.29, 0.717) is 23.7 Å². The number of benzene rings is 2. The summed E-state index contributed by atoms with van der Waals surface area (Å²) in [6, 6.07) is 12.8. The fraction of sp³-hybridized carbons (Fsp3) is 0.150. The molecule has 0 saturated carbocycles. The lowest BCUT2D eigenvalue weighted by molar-refractivity contribution is -0.129. The molecule has 1 amide bonds. The minimum Gasteiger partial charge on any atom is -0.484 e. The summed E-state index contributed by atoms with van der Waals surface area (Å²) in [5.41, 5.74) is 6.13. The van der Waals surface area contributed by atoms with Gasteiger partial charge < -0.3 is 19.9 Å². The second-order valence-electron chi connectivity index (χ2n) is 5.32. The molecule has 7 heteroatoms. The van der Waals surface area contributed by atoms with E-state index in [1.165, 1.54) is 30.3 Å². The highest BCUT2D eigenvalue weighted by atomic mass is 16.5. The van der Waals surface area contributed by atoms with Crippen molar-refractivity contribution in [1.82, 2.24) is 0 Å². The van der Waals surface area contributed by atoms with Crippen molar-refractivity contribution in [3.63, 3.8) is 0 Å². The van der Waals surface area contributed by atoms with Crippen LogP contribution in [0.3, 0.4) is 0 Å². The van der Waals surface area contributed by atoms with Crippen LogP contribution in [0.2, 0.25) is 0 Å². The number of carbonyl (C=O) groups excluding carboxylic acids is 3. The summed E-state index contributed by atoms with van der Waals surface area (Å²) in [5, 5.41) is 0. The fourth-order valence-electron chi connectivity index (χ4n) is 2.02. The lowest BCUT2D eigenvalue weighted by Gasteiger charge is -2.04. The van der Waals surface area contributed by atoms with Crippen LogP contribution in [0.1, 0.15) is 22.8 Å². The van der Waals surface area contributed by atoms with Crippen molar-refractivity contribution in [1.29, 1.82) is 0 Å². The van der Waals surface area contributed by atoms with Crippen LogP contribution in [0, 0.1) is 0 Å². The zero-order valence-corrected chi connectivity index (χ0v) is 14.7. The Morgan fingerprint density at radius 3 is 2.19 bits per heavy atom. The zero-order valence-electron chi connectivity index (χ0n) is 14.7. The molecule has 0 heterocycles. The van der Waals surface area contributed by atoms with E-state index in [2.05, 4.69) is 0 Å². The van der Waals surface area contributed by atoms with Crippen LogP contribution < -0.4 is 15.2 Å². The highest BCUT2D eigenvalue weighted by Crippen LogP contribution is 2.15. The average Bonchev–Trinajstić information content (AvgIpc) is 2.66. The van der Waals surface area contributed by atoms with Crippen LogP contribution in [0.15, 0.2) is 54.6 Å². The predicted molar refractivity (Wildman–Crippen MR) is 98.2 cm³/mol. The average molecular weight is 369 g/mol. The maximum Gasteiger partial charge on any atom is 0.338 e. The molecule has 0 aromatic heterocycles. The Labute approximate surface area is 156 Å². The van der Waals surface area contributed by atoms with Crippen LogP contribution in [0.25, 0.3) is 6.08 Å². The monoisotopic (exact) mass is 369 g/mol. The minimum absolute atomic E-state index is 0.198. The van der Waals surface area contributed by atoms with Crippen molar-refractivity contribution >= 4 is 23.9 Å². The lowest BCUT2D eigenvalue weighted by atomic mass is 10.2. The smallest absolute Gasteiger partial charge is 0.338 e. The van der Waals surface area contributed by atoms with Gasteiger partial charge in [-0.3, -0.25) is 4.79 Å². The first-order chi connectivity index (χ1) is 13.0. The lowest BCUT2D eigenvalue weighted by Crippen LogP contribution is -2.19. The predicted octanol–water partition coefficient (Wildman–Crippen LogP) is 2.35. The Morgan fingerprint density at radius 1 is 0.963 bits per heavy atom. The molecule has 0 atom stereocenters. The number of rotatable bonds is 8. The highest BCUT2D eigenvalue weighted by molar-refractivity contribution is 5.90. The molecule has 2 aromatic carbocycles. The van der Waals surface area contributed by atoms with Gasteiger partial charge in [0.1, 0.15) is 11.5 Å². The van der Waals surface area contributed by atoms with Gasteiger partial charge in [0.2, 0.25) is 0 Å². The van der Waals surface area contributed by atoms with Crippen molar-refractivity contribution < 1.29 is 28.6 Å². The molecule has 0 aliphatic heterocycles. The third-order valence-corrected chi connectivity index (χ3v) is 3.26. The molecule has 0 bridgehead atoms. The first-order valence-corrected chi connectivity index (χ1v) is 8.16. The summed E-state index contributed by atoms with van der Waals surface area (Å²) < 4.78 is 15.2. The van der Waals surface area contributed by atoms with Crippen LogP contribution in [-0.2, 0) is 14.3 Å². The van der Waals surface area contributed by atoms with Crippen LogP contribution in [0.5, 0.6) is 11.5 Å². The van der Waals surface area contributed by atoms with Gasteiger partial charge in [-0.15, -0.1) is 0 Å². The van der Waals surface area contributed by atoms with Crippen molar-refractivity contribution in [3.8, 4) is 11.5 Å². The molecule has 0 unspecified atom stereocenters. The molecule has 140 valence electrons. The first-order valence-electron chi connectivity index (χ1n) is 8.16. The largest absolute Gasteiger partial charge is 0.484 e. The van der Waals surface area contributed by atoms with E-state index in [-0.39, 0.29) is 6.61 Å². The fourth-order valence-corrected chi connectivity index (χ4v) is 2.02. The maximum atomic E-state index is 11.9. The maximum absolute atomic E-state index is 11.9. The number of hydrogen-bond acceptors (Lipinski definition) is 6. The number of amides is 1. The molecule has 0 saturated heterocycles. The Morgan fingerprint density at radius 2 is 1.59 bits per heavy atom. The molecule has 2 rings (SSSR count). The highest BCUT2D eigenvalue weighted by Gasteiger charge is 2.07. The molecule has 0 aliphatic carbocycles. The van der Waals surface area contributed by atoms with Crippen molar-refractivity contribution in [3.05, 3.63) is 65.7 Å². The molecule has 0 fully saturated rings. The van der Waals surface area contributed by atoms with Gasteiger partial charge in [0.05, 0.1) is 12.2 Å². The molecule has 0 spiro atoms. The van der Waals surface area contributed by atoms with Gasteiger partial charge in [-0.05, 0) is 55.0 Å². The van der Waals surface area contributed by atoms with Gasteiger partial charge in [-0.1, -0.05) is 12.1 Å². The number of primary amides is 1. The van der Waals surface area contributed by atoms with E-state index in [9.17, 15) is 14.4 Å². The first kappa shape index (κ1) is 19.7. The van der Waals surface area contributed by atoms with Gasteiger partial charge in [0, 0.05) is 6.08 Å². The van der Waals surface area contributed by atoms with Gasteiger partial charge in [0.15, 0.2) is 6.61 Å². The number of ether oxygens (including phenoxy) is 3. The van der Waals surface area contributed by atoms with Crippen LogP contribution >= 0.6 is 0 Å².